The van der Waals surface area contributed by atoms with Crippen molar-refractivity contribution in [3.63, 3.8) is 0 Å². The first-order chi connectivity index (χ1) is 9.31. The van der Waals surface area contributed by atoms with E-state index in [4.69, 9.17) is 0 Å². The Balaban J connectivity index is 1.56. The van der Waals surface area contributed by atoms with Crippen LogP contribution in [0.2, 0.25) is 0 Å². The second-order valence-corrected chi connectivity index (χ2v) is 4.91. The Kier molecular flexibility index (Phi) is 3.59. The van der Waals surface area contributed by atoms with E-state index in [1.807, 2.05) is 0 Å². The minimum Gasteiger partial charge on any atom is -0.352 e. The Hall–Kier alpha value is -1.69. The van der Waals surface area contributed by atoms with Crippen LogP contribution in [0.4, 0.5) is 10.3 Å². The van der Waals surface area contributed by atoms with Gasteiger partial charge in [-0.25, -0.2) is 8.91 Å². The number of likely N-dealkylation sites (tertiary alicyclic amines) is 1. The molecule has 3 heterocycles. The number of pyridine rings is 1. The van der Waals surface area contributed by atoms with Gasteiger partial charge in [-0.15, -0.1) is 5.10 Å². The van der Waals surface area contributed by atoms with Crippen LogP contribution in [-0.4, -0.2) is 45.7 Å². The molecule has 0 unspecified atom stereocenters. The fourth-order valence-electron chi connectivity index (χ4n) is 2.44. The molecule has 102 valence electrons. The predicted octanol–water partition coefficient (Wildman–Crippen LogP) is 1.77. The molecule has 0 aromatic carbocycles. The molecule has 3 rings (SSSR count). The monoisotopic (exact) mass is 263 g/mol. The Labute approximate surface area is 111 Å². The highest BCUT2D eigenvalue weighted by molar-refractivity contribution is 5.42. The molecule has 0 saturated carbocycles. The summed E-state index contributed by atoms with van der Waals surface area (Å²) in [5.41, 5.74) is 0.655. The fraction of sp³-hybridized carbons (Fsp3) is 0.538. The van der Waals surface area contributed by atoms with E-state index in [0.717, 1.165) is 13.1 Å². The summed E-state index contributed by atoms with van der Waals surface area (Å²) >= 11 is 0. The van der Waals surface area contributed by atoms with Crippen LogP contribution < -0.4 is 5.32 Å². The molecule has 0 bridgehead atoms. The zero-order valence-corrected chi connectivity index (χ0v) is 10.8. The van der Waals surface area contributed by atoms with Crippen LogP contribution in [0.25, 0.3) is 5.65 Å². The average Bonchev–Trinajstić information content (AvgIpc) is 2.82. The highest BCUT2D eigenvalue weighted by Crippen LogP contribution is 2.09. The van der Waals surface area contributed by atoms with E-state index in [2.05, 4.69) is 20.3 Å². The molecule has 2 aromatic rings. The maximum atomic E-state index is 13.0. The molecule has 6 heteroatoms. The van der Waals surface area contributed by atoms with Gasteiger partial charge in [0.2, 0.25) is 5.95 Å². The van der Waals surface area contributed by atoms with Crippen LogP contribution in [-0.2, 0) is 0 Å². The number of halogens is 1. The Morgan fingerprint density at radius 3 is 2.89 bits per heavy atom. The van der Waals surface area contributed by atoms with Crippen molar-refractivity contribution >= 4 is 11.6 Å². The first-order valence-corrected chi connectivity index (χ1v) is 6.79. The van der Waals surface area contributed by atoms with Gasteiger partial charge in [0, 0.05) is 13.1 Å². The third kappa shape index (κ3) is 3.01. The van der Waals surface area contributed by atoms with Crippen molar-refractivity contribution < 1.29 is 4.39 Å². The van der Waals surface area contributed by atoms with Crippen molar-refractivity contribution in [1.29, 1.82) is 0 Å². The molecule has 0 amide bonds. The lowest BCUT2D eigenvalue weighted by Gasteiger charge is -2.26. The molecule has 0 radical (unpaired) electrons. The molecule has 1 aliphatic heterocycles. The molecule has 0 aliphatic carbocycles. The lowest BCUT2D eigenvalue weighted by molar-refractivity contribution is 0.237. The standard InChI is InChI=1S/C13H18FN5/c14-11-4-5-12-16-13(17-19(12)10-11)15-6-9-18-7-2-1-3-8-18/h4-5,10H,1-3,6-9H2,(H,15,17). The van der Waals surface area contributed by atoms with Crippen LogP contribution in [0, 0.1) is 5.82 Å². The maximum Gasteiger partial charge on any atom is 0.243 e. The second-order valence-electron chi connectivity index (χ2n) is 4.91. The predicted molar refractivity (Wildman–Crippen MR) is 71.7 cm³/mol. The normalized spacial score (nSPS) is 16.9. The number of aromatic nitrogens is 3. The van der Waals surface area contributed by atoms with Gasteiger partial charge >= 0.3 is 0 Å². The van der Waals surface area contributed by atoms with Crippen molar-refractivity contribution in [2.45, 2.75) is 19.3 Å². The van der Waals surface area contributed by atoms with Gasteiger partial charge in [-0.1, -0.05) is 6.42 Å². The highest BCUT2D eigenvalue weighted by Gasteiger charge is 2.09. The van der Waals surface area contributed by atoms with Crippen molar-refractivity contribution in [3.05, 3.63) is 24.1 Å². The Morgan fingerprint density at radius 1 is 1.21 bits per heavy atom. The van der Waals surface area contributed by atoms with E-state index in [0.29, 0.717) is 11.6 Å². The van der Waals surface area contributed by atoms with Gasteiger partial charge in [-0.3, -0.25) is 0 Å². The van der Waals surface area contributed by atoms with Crippen LogP contribution in [0.15, 0.2) is 18.3 Å². The number of fused-ring (bicyclic) bond motifs is 1. The summed E-state index contributed by atoms with van der Waals surface area (Å²) in [5.74, 6) is 0.250. The number of piperidine rings is 1. The summed E-state index contributed by atoms with van der Waals surface area (Å²) in [5, 5.41) is 7.39. The smallest absolute Gasteiger partial charge is 0.243 e. The van der Waals surface area contributed by atoms with Crippen LogP contribution >= 0.6 is 0 Å². The third-order valence-electron chi connectivity index (χ3n) is 3.45. The largest absolute Gasteiger partial charge is 0.352 e. The SMILES string of the molecule is Fc1ccc2nc(NCCN3CCCCC3)nn2c1. The molecule has 0 atom stereocenters. The quantitative estimate of drug-likeness (QED) is 0.913. The summed E-state index contributed by atoms with van der Waals surface area (Å²) in [6.45, 7) is 4.19. The topological polar surface area (TPSA) is 45.5 Å². The number of hydrogen-bond donors (Lipinski definition) is 1. The first kappa shape index (κ1) is 12.3. The van der Waals surface area contributed by atoms with E-state index in [1.165, 1.54) is 49.1 Å². The zero-order chi connectivity index (χ0) is 13.1. The van der Waals surface area contributed by atoms with E-state index in [-0.39, 0.29) is 5.82 Å². The molecular weight excluding hydrogens is 245 g/mol. The van der Waals surface area contributed by atoms with Gasteiger partial charge in [0.25, 0.3) is 0 Å². The van der Waals surface area contributed by atoms with Gasteiger partial charge in [0.05, 0.1) is 6.20 Å². The fourth-order valence-corrected chi connectivity index (χ4v) is 2.44. The first-order valence-electron chi connectivity index (χ1n) is 6.79. The van der Waals surface area contributed by atoms with Gasteiger partial charge in [0.15, 0.2) is 5.65 Å². The highest BCUT2D eigenvalue weighted by atomic mass is 19.1. The summed E-state index contributed by atoms with van der Waals surface area (Å²) in [4.78, 5) is 6.74. The van der Waals surface area contributed by atoms with E-state index < -0.39 is 0 Å². The molecule has 19 heavy (non-hydrogen) atoms. The van der Waals surface area contributed by atoms with Crippen molar-refractivity contribution in [1.82, 2.24) is 19.5 Å². The number of anilines is 1. The van der Waals surface area contributed by atoms with Crippen LogP contribution in [0.5, 0.6) is 0 Å². The minimum absolute atomic E-state index is 0.308. The summed E-state index contributed by atoms with van der Waals surface area (Å²) in [6, 6.07) is 3.01. The number of rotatable bonds is 4. The molecular formula is C13H18FN5. The minimum atomic E-state index is -0.308. The molecule has 5 nitrogen and oxygen atoms in total. The molecule has 1 saturated heterocycles. The van der Waals surface area contributed by atoms with Crippen molar-refractivity contribution in [2.75, 3.05) is 31.5 Å². The van der Waals surface area contributed by atoms with Gasteiger partial charge < -0.3 is 10.2 Å². The molecule has 1 aliphatic rings. The zero-order valence-electron chi connectivity index (χ0n) is 10.8. The molecule has 2 aromatic heterocycles. The second kappa shape index (κ2) is 5.52. The number of hydrogen-bond acceptors (Lipinski definition) is 4. The lowest BCUT2D eigenvalue weighted by atomic mass is 10.1. The van der Waals surface area contributed by atoms with Crippen molar-refractivity contribution in [3.8, 4) is 0 Å². The maximum absolute atomic E-state index is 13.0. The Bertz CT molecular complexity index is 547. The third-order valence-corrected chi connectivity index (χ3v) is 3.45. The average molecular weight is 263 g/mol. The molecule has 1 fully saturated rings. The summed E-state index contributed by atoms with van der Waals surface area (Å²) in [6.07, 6.45) is 5.28. The van der Waals surface area contributed by atoms with E-state index in [9.17, 15) is 4.39 Å². The number of nitrogens with one attached hydrogen (secondary N) is 1. The van der Waals surface area contributed by atoms with Crippen LogP contribution in [0.1, 0.15) is 19.3 Å². The van der Waals surface area contributed by atoms with Crippen molar-refractivity contribution in [2.24, 2.45) is 0 Å². The lowest BCUT2D eigenvalue weighted by Crippen LogP contribution is -2.33. The van der Waals surface area contributed by atoms with E-state index >= 15 is 0 Å². The Morgan fingerprint density at radius 2 is 2.05 bits per heavy atom. The van der Waals surface area contributed by atoms with Gasteiger partial charge in [0.1, 0.15) is 5.82 Å². The summed E-state index contributed by atoms with van der Waals surface area (Å²) in [7, 11) is 0. The summed E-state index contributed by atoms with van der Waals surface area (Å²) < 4.78 is 14.5. The number of nitrogens with zero attached hydrogens (tertiary/aromatic N) is 4. The van der Waals surface area contributed by atoms with Crippen LogP contribution in [0.3, 0.4) is 0 Å². The van der Waals surface area contributed by atoms with Gasteiger partial charge in [-0.05, 0) is 38.1 Å². The van der Waals surface area contributed by atoms with E-state index in [1.54, 1.807) is 6.07 Å². The molecule has 0 spiro atoms. The van der Waals surface area contributed by atoms with Gasteiger partial charge in [-0.2, -0.15) is 4.98 Å². The molecule has 1 N–H and O–H groups in total.